The van der Waals surface area contributed by atoms with E-state index in [2.05, 4.69) is 48.6 Å². The lowest BCUT2D eigenvalue weighted by molar-refractivity contribution is 0.370. The second kappa shape index (κ2) is 9.19. The Bertz CT molecular complexity index is 388. The quantitative estimate of drug-likeness (QED) is 0.408. The van der Waals surface area contributed by atoms with Crippen molar-refractivity contribution in [2.24, 2.45) is 0 Å². The molecule has 1 nitrogen and oxygen atoms in total. The van der Waals surface area contributed by atoms with Gasteiger partial charge in [-0.05, 0) is 35.7 Å². The van der Waals surface area contributed by atoms with Crippen molar-refractivity contribution in [1.82, 2.24) is 4.98 Å². The zero-order chi connectivity index (χ0) is 15.0. The molecule has 0 saturated carbocycles. The number of aromatic nitrogens is 1. The number of hydrogen-bond donors (Lipinski definition) is 0. The first kappa shape index (κ1) is 18.2. The number of halogens is 1. The topological polar surface area (TPSA) is 12.9 Å². The van der Waals surface area contributed by atoms with Gasteiger partial charge in [-0.15, -0.1) is 11.3 Å². The first-order valence-corrected chi connectivity index (χ1v) is 9.78. The largest absolute Gasteiger partial charge is 0.234 e. The van der Waals surface area contributed by atoms with Gasteiger partial charge in [0.25, 0.3) is 0 Å². The monoisotopic (exact) mass is 359 g/mol. The molecule has 0 amide bonds. The molecule has 0 aliphatic heterocycles. The van der Waals surface area contributed by atoms with Crippen LogP contribution in [0.5, 0.6) is 0 Å². The Hall–Kier alpha value is 0.110. The highest BCUT2D eigenvalue weighted by atomic mass is 79.9. The van der Waals surface area contributed by atoms with Crippen LogP contribution in [0.2, 0.25) is 0 Å². The van der Waals surface area contributed by atoms with Gasteiger partial charge in [0.05, 0.1) is 5.01 Å². The lowest BCUT2D eigenvalue weighted by Crippen LogP contribution is -2.21. The molecule has 1 unspecified atom stereocenters. The standard InChI is InChI=1S/C17H30BrNS/c1-5-7-9-11-13-17(4,12-10-8-6-2)15-16(18)19-14(3)20-15/h5-13H2,1-4H3. The Morgan fingerprint density at radius 2 is 1.55 bits per heavy atom. The van der Waals surface area contributed by atoms with E-state index in [0.717, 1.165) is 4.60 Å². The average Bonchev–Trinajstić information content (AvgIpc) is 2.75. The molecule has 1 aromatic rings. The van der Waals surface area contributed by atoms with Crippen LogP contribution < -0.4 is 0 Å². The summed E-state index contributed by atoms with van der Waals surface area (Å²) in [6, 6.07) is 0. The molecule has 0 N–H and O–H groups in total. The lowest BCUT2D eigenvalue weighted by atomic mass is 9.79. The van der Waals surface area contributed by atoms with Crippen molar-refractivity contribution in [3.05, 3.63) is 14.5 Å². The highest BCUT2D eigenvalue weighted by Crippen LogP contribution is 2.42. The van der Waals surface area contributed by atoms with Crippen LogP contribution in [0, 0.1) is 6.92 Å². The molecule has 20 heavy (non-hydrogen) atoms. The van der Waals surface area contributed by atoms with Gasteiger partial charge in [-0.2, -0.15) is 0 Å². The Kier molecular flexibility index (Phi) is 8.35. The number of rotatable bonds is 10. The Balaban J connectivity index is 2.74. The van der Waals surface area contributed by atoms with E-state index in [9.17, 15) is 0 Å². The van der Waals surface area contributed by atoms with Gasteiger partial charge < -0.3 is 0 Å². The van der Waals surface area contributed by atoms with Gasteiger partial charge in [-0.25, -0.2) is 4.98 Å². The fraction of sp³-hybridized carbons (Fsp3) is 0.824. The molecule has 116 valence electrons. The number of thiazole rings is 1. The molecule has 0 aliphatic carbocycles. The maximum absolute atomic E-state index is 4.59. The number of hydrogen-bond acceptors (Lipinski definition) is 2. The first-order chi connectivity index (χ1) is 9.53. The zero-order valence-corrected chi connectivity index (χ0v) is 16.0. The second-order valence-electron chi connectivity index (χ2n) is 6.18. The zero-order valence-electron chi connectivity index (χ0n) is 13.6. The van der Waals surface area contributed by atoms with Crippen LogP contribution in [0.15, 0.2) is 4.60 Å². The molecule has 1 heterocycles. The fourth-order valence-corrected chi connectivity index (χ4v) is 4.95. The molecule has 0 spiro atoms. The van der Waals surface area contributed by atoms with Gasteiger partial charge in [0, 0.05) is 10.3 Å². The van der Waals surface area contributed by atoms with Gasteiger partial charge in [0.2, 0.25) is 0 Å². The van der Waals surface area contributed by atoms with Gasteiger partial charge >= 0.3 is 0 Å². The van der Waals surface area contributed by atoms with Crippen LogP contribution in [0.4, 0.5) is 0 Å². The summed E-state index contributed by atoms with van der Waals surface area (Å²) >= 11 is 5.57. The maximum Gasteiger partial charge on any atom is 0.121 e. The van der Waals surface area contributed by atoms with Crippen molar-refractivity contribution in [2.75, 3.05) is 0 Å². The Morgan fingerprint density at radius 3 is 2.05 bits per heavy atom. The summed E-state index contributed by atoms with van der Waals surface area (Å²) < 4.78 is 1.09. The predicted molar refractivity (Wildman–Crippen MR) is 94.8 cm³/mol. The summed E-state index contributed by atoms with van der Waals surface area (Å²) in [5.74, 6) is 0. The molecule has 1 rings (SSSR count). The SMILES string of the molecule is CCCCCCC(C)(CCCCC)c1sc(C)nc1Br. The van der Waals surface area contributed by atoms with E-state index in [0.29, 0.717) is 5.41 Å². The number of unbranched alkanes of at least 4 members (excludes halogenated alkanes) is 5. The molecule has 0 aliphatic rings. The van der Waals surface area contributed by atoms with E-state index < -0.39 is 0 Å². The second-order valence-corrected chi connectivity index (χ2v) is 8.14. The van der Waals surface area contributed by atoms with E-state index in [1.54, 1.807) is 0 Å². The van der Waals surface area contributed by atoms with Gasteiger partial charge in [-0.3, -0.25) is 0 Å². The molecule has 0 bridgehead atoms. The Morgan fingerprint density at radius 1 is 1.00 bits per heavy atom. The smallest absolute Gasteiger partial charge is 0.121 e. The normalized spacial score (nSPS) is 14.4. The van der Waals surface area contributed by atoms with Crippen LogP contribution >= 0.6 is 27.3 Å². The van der Waals surface area contributed by atoms with Crippen molar-refractivity contribution in [3.63, 3.8) is 0 Å². The molecule has 0 fully saturated rings. The summed E-state index contributed by atoms with van der Waals surface area (Å²) in [5, 5.41) is 1.18. The van der Waals surface area contributed by atoms with Crippen LogP contribution in [0.25, 0.3) is 0 Å². The van der Waals surface area contributed by atoms with Gasteiger partial charge in [0.15, 0.2) is 0 Å². The molecular weight excluding hydrogens is 330 g/mol. The van der Waals surface area contributed by atoms with E-state index in [1.165, 1.54) is 67.7 Å². The van der Waals surface area contributed by atoms with E-state index >= 15 is 0 Å². The van der Waals surface area contributed by atoms with Crippen LogP contribution in [0.1, 0.15) is 88.4 Å². The van der Waals surface area contributed by atoms with Crippen molar-refractivity contribution in [1.29, 1.82) is 0 Å². The van der Waals surface area contributed by atoms with Crippen molar-refractivity contribution in [3.8, 4) is 0 Å². The van der Waals surface area contributed by atoms with Crippen LogP contribution in [-0.2, 0) is 5.41 Å². The molecule has 3 heteroatoms. The number of aryl methyl sites for hydroxylation is 1. The lowest BCUT2D eigenvalue weighted by Gasteiger charge is -2.29. The van der Waals surface area contributed by atoms with E-state index in [-0.39, 0.29) is 0 Å². The first-order valence-electron chi connectivity index (χ1n) is 8.17. The fourth-order valence-electron chi connectivity index (χ4n) is 2.83. The van der Waals surface area contributed by atoms with Gasteiger partial charge in [-0.1, -0.05) is 65.7 Å². The summed E-state index contributed by atoms with van der Waals surface area (Å²) in [7, 11) is 0. The summed E-state index contributed by atoms with van der Waals surface area (Å²) in [6.45, 7) is 9.13. The third-order valence-corrected chi connectivity index (χ3v) is 6.27. The van der Waals surface area contributed by atoms with Crippen LogP contribution in [-0.4, -0.2) is 4.98 Å². The minimum Gasteiger partial charge on any atom is -0.234 e. The van der Waals surface area contributed by atoms with Crippen molar-refractivity contribution in [2.45, 2.75) is 90.9 Å². The third kappa shape index (κ3) is 5.48. The summed E-state index contributed by atoms with van der Waals surface area (Å²) in [6.07, 6.45) is 12.0. The summed E-state index contributed by atoms with van der Waals surface area (Å²) in [4.78, 5) is 6.06. The minimum absolute atomic E-state index is 0.313. The van der Waals surface area contributed by atoms with Crippen molar-refractivity contribution < 1.29 is 0 Å². The Labute approximate surface area is 137 Å². The molecular formula is C17H30BrNS. The molecule has 0 aromatic carbocycles. The summed E-state index contributed by atoms with van der Waals surface area (Å²) in [5.41, 5.74) is 0.313. The average molecular weight is 360 g/mol. The number of nitrogens with zero attached hydrogens (tertiary/aromatic N) is 1. The third-order valence-electron chi connectivity index (χ3n) is 4.16. The molecule has 0 radical (unpaired) electrons. The molecule has 1 atom stereocenters. The van der Waals surface area contributed by atoms with Crippen LogP contribution in [0.3, 0.4) is 0 Å². The maximum atomic E-state index is 4.59. The highest BCUT2D eigenvalue weighted by Gasteiger charge is 2.30. The van der Waals surface area contributed by atoms with Gasteiger partial charge in [0.1, 0.15) is 4.60 Å². The minimum atomic E-state index is 0.313. The molecule has 0 saturated heterocycles. The van der Waals surface area contributed by atoms with E-state index in [1.807, 2.05) is 11.3 Å². The molecule has 1 aromatic heterocycles. The van der Waals surface area contributed by atoms with Crippen molar-refractivity contribution >= 4 is 27.3 Å². The predicted octanol–water partition coefficient (Wildman–Crippen LogP) is 7.02. The highest BCUT2D eigenvalue weighted by molar-refractivity contribution is 9.10. The van der Waals surface area contributed by atoms with E-state index in [4.69, 9.17) is 0 Å².